The zero-order chi connectivity index (χ0) is 24.3. The van der Waals surface area contributed by atoms with E-state index in [0.717, 1.165) is 11.3 Å². The second kappa shape index (κ2) is 12.4. The van der Waals surface area contributed by atoms with Gasteiger partial charge in [-0.3, -0.25) is 10.2 Å². The predicted molar refractivity (Wildman–Crippen MR) is 139 cm³/mol. The van der Waals surface area contributed by atoms with E-state index >= 15 is 0 Å². The van der Waals surface area contributed by atoms with Crippen molar-refractivity contribution in [3.05, 3.63) is 77.3 Å². The van der Waals surface area contributed by atoms with E-state index in [-0.39, 0.29) is 12.5 Å². The van der Waals surface area contributed by atoms with E-state index in [9.17, 15) is 4.79 Å². The predicted octanol–water partition coefficient (Wildman–Crippen LogP) is 4.70. The highest BCUT2D eigenvalue weighted by Gasteiger charge is 2.11. The van der Waals surface area contributed by atoms with Crippen molar-refractivity contribution in [2.75, 3.05) is 31.5 Å². The summed E-state index contributed by atoms with van der Waals surface area (Å²) in [6.45, 7) is -0.226. The average Bonchev–Trinajstić information content (AvgIpc) is 2.84. The molecule has 0 aliphatic heterocycles. The Kier molecular flexibility index (Phi) is 9.07. The lowest BCUT2D eigenvalue weighted by Gasteiger charge is -2.13. The number of anilines is 2. The number of para-hydroxylation sites is 1. The van der Waals surface area contributed by atoms with Crippen LogP contribution in [0.25, 0.3) is 0 Å². The summed E-state index contributed by atoms with van der Waals surface area (Å²) in [5.74, 6) is 0.948. The monoisotopic (exact) mass is 498 g/mol. The second-order valence-corrected chi connectivity index (χ2v) is 7.63. The van der Waals surface area contributed by atoms with Gasteiger partial charge in [0.15, 0.2) is 23.2 Å². The fraction of sp³-hybridized carbons (Fsp3) is 0.125. The van der Waals surface area contributed by atoms with Crippen molar-refractivity contribution in [1.29, 1.82) is 0 Å². The molecule has 0 aliphatic rings. The summed E-state index contributed by atoms with van der Waals surface area (Å²) in [5, 5.41) is 10.7. The molecule has 34 heavy (non-hydrogen) atoms. The largest absolute Gasteiger partial charge is 0.495 e. The van der Waals surface area contributed by atoms with Gasteiger partial charge >= 0.3 is 0 Å². The van der Waals surface area contributed by atoms with Crippen molar-refractivity contribution in [1.82, 2.24) is 5.43 Å². The summed E-state index contributed by atoms with van der Waals surface area (Å²) >= 11 is 11.2. The Morgan fingerprint density at radius 2 is 1.74 bits per heavy atom. The molecule has 0 spiro atoms. The number of nitrogens with one attached hydrogen (secondary N) is 3. The number of ether oxygens (including phenoxy) is 3. The Labute approximate surface area is 207 Å². The summed E-state index contributed by atoms with van der Waals surface area (Å²) in [4.78, 5) is 12.3. The SMILES string of the molecule is COc1cc(Cl)ccc1NC(=O)COc1ccc(C=NNC(=S)Nc2ccccc2)cc1OC. The molecule has 0 aliphatic carbocycles. The molecule has 0 saturated carbocycles. The quantitative estimate of drug-likeness (QED) is 0.224. The Bertz CT molecular complexity index is 1170. The highest BCUT2D eigenvalue weighted by molar-refractivity contribution is 7.80. The van der Waals surface area contributed by atoms with Crippen LogP contribution < -0.4 is 30.3 Å². The summed E-state index contributed by atoms with van der Waals surface area (Å²) < 4.78 is 16.2. The van der Waals surface area contributed by atoms with Crippen LogP contribution in [-0.2, 0) is 4.79 Å². The van der Waals surface area contributed by atoms with Crippen LogP contribution in [0.15, 0.2) is 71.8 Å². The van der Waals surface area contributed by atoms with E-state index in [1.54, 1.807) is 42.6 Å². The Morgan fingerprint density at radius 1 is 0.971 bits per heavy atom. The van der Waals surface area contributed by atoms with Gasteiger partial charge in [-0.2, -0.15) is 5.10 Å². The van der Waals surface area contributed by atoms with Crippen molar-refractivity contribution >= 4 is 52.4 Å². The lowest BCUT2D eigenvalue weighted by Crippen LogP contribution is -2.23. The number of carbonyl (C=O) groups excluding carboxylic acids is 1. The maximum Gasteiger partial charge on any atom is 0.262 e. The van der Waals surface area contributed by atoms with E-state index in [0.29, 0.717) is 33.1 Å². The number of carbonyl (C=O) groups is 1. The van der Waals surface area contributed by atoms with E-state index in [4.69, 9.17) is 38.0 Å². The van der Waals surface area contributed by atoms with Crippen molar-refractivity contribution in [3.8, 4) is 17.2 Å². The molecule has 0 unspecified atom stereocenters. The third kappa shape index (κ3) is 7.36. The zero-order valence-electron chi connectivity index (χ0n) is 18.5. The first kappa shape index (κ1) is 24.8. The molecule has 3 N–H and O–H groups in total. The van der Waals surface area contributed by atoms with Gasteiger partial charge in [-0.1, -0.05) is 29.8 Å². The Balaban J connectivity index is 1.54. The molecule has 3 aromatic carbocycles. The number of halogens is 1. The molecular weight excluding hydrogens is 476 g/mol. The summed E-state index contributed by atoms with van der Waals surface area (Å²) in [6.07, 6.45) is 1.59. The fourth-order valence-corrected chi connectivity index (χ4v) is 3.16. The number of hydrogen-bond acceptors (Lipinski definition) is 6. The molecule has 0 bridgehead atoms. The smallest absolute Gasteiger partial charge is 0.262 e. The van der Waals surface area contributed by atoms with E-state index in [1.807, 2.05) is 30.3 Å². The maximum atomic E-state index is 12.3. The molecule has 0 atom stereocenters. The number of thiocarbonyl (C=S) groups is 1. The number of amides is 1. The van der Waals surface area contributed by atoms with Crippen LogP contribution in [-0.4, -0.2) is 38.1 Å². The molecule has 3 rings (SSSR count). The van der Waals surface area contributed by atoms with Crippen molar-refractivity contribution in [3.63, 3.8) is 0 Å². The van der Waals surface area contributed by atoms with Gasteiger partial charge < -0.3 is 24.8 Å². The van der Waals surface area contributed by atoms with Crippen LogP contribution in [0.5, 0.6) is 17.2 Å². The first-order valence-corrected chi connectivity index (χ1v) is 10.9. The van der Waals surface area contributed by atoms with Gasteiger partial charge in [-0.15, -0.1) is 0 Å². The highest BCUT2D eigenvalue weighted by atomic mass is 35.5. The van der Waals surface area contributed by atoms with Crippen LogP contribution >= 0.6 is 23.8 Å². The first-order valence-electron chi connectivity index (χ1n) is 10.1. The van der Waals surface area contributed by atoms with Crippen LogP contribution in [0.2, 0.25) is 5.02 Å². The van der Waals surface area contributed by atoms with E-state index in [1.165, 1.54) is 14.2 Å². The molecule has 0 saturated heterocycles. The Morgan fingerprint density at radius 3 is 2.47 bits per heavy atom. The molecule has 0 heterocycles. The normalized spacial score (nSPS) is 10.4. The third-order valence-electron chi connectivity index (χ3n) is 4.40. The number of hydrogen-bond donors (Lipinski definition) is 3. The fourth-order valence-electron chi connectivity index (χ4n) is 2.83. The van der Waals surface area contributed by atoms with Gasteiger partial charge in [0, 0.05) is 16.8 Å². The first-order chi connectivity index (χ1) is 16.5. The van der Waals surface area contributed by atoms with E-state index < -0.39 is 0 Å². The lowest BCUT2D eigenvalue weighted by atomic mass is 10.2. The molecule has 0 aromatic heterocycles. The number of hydrazone groups is 1. The average molecular weight is 499 g/mol. The molecule has 176 valence electrons. The van der Waals surface area contributed by atoms with Crippen LogP contribution in [0.1, 0.15) is 5.56 Å². The van der Waals surface area contributed by atoms with Gasteiger partial charge in [0.05, 0.1) is 26.1 Å². The van der Waals surface area contributed by atoms with Gasteiger partial charge in [-0.05, 0) is 60.2 Å². The minimum atomic E-state index is -0.364. The summed E-state index contributed by atoms with van der Waals surface area (Å²) in [5.41, 5.74) is 4.85. The Hall–Kier alpha value is -3.82. The number of nitrogens with zero attached hydrogens (tertiary/aromatic N) is 1. The van der Waals surface area contributed by atoms with Crippen LogP contribution in [0, 0.1) is 0 Å². The van der Waals surface area contributed by atoms with Crippen molar-refractivity contribution < 1.29 is 19.0 Å². The zero-order valence-corrected chi connectivity index (χ0v) is 20.1. The van der Waals surface area contributed by atoms with Crippen LogP contribution in [0.3, 0.4) is 0 Å². The van der Waals surface area contributed by atoms with Gasteiger partial charge in [-0.25, -0.2) is 0 Å². The van der Waals surface area contributed by atoms with Gasteiger partial charge in [0.2, 0.25) is 0 Å². The maximum absolute atomic E-state index is 12.3. The highest BCUT2D eigenvalue weighted by Crippen LogP contribution is 2.29. The number of benzene rings is 3. The summed E-state index contributed by atoms with van der Waals surface area (Å²) in [7, 11) is 3.01. The summed E-state index contributed by atoms with van der Waals surface area (Å²) in [6, 6.07) is 19.6. The lowest BCUT2D eigenvalue weighted by molar-refractivity contribution is -0.118. The minimum absolute atomic E-state index is 0.226. The van der Waals surface area contributed by atoms with E-state index in [2.05, 4.69) is 21.2 Å². The molecule has 8 nitrogen and oxygen atoms in total. The molecule has 0 radical (unpaired) electrons. The van der Waals surface area contributed by atoms with Gasteiger partial charge in [0.25, 0.3) is 5.91 Å². The number of methoxy groups -OCH3 is 2. The second-order valence-electron chi connectivity index (χ2n) is 6.78. The topological polar surface area (TPSA) is 93.2 Å². The number of rotatable bonds is 9. The molecule has 10 heteroatoms. The van der Waals surface area contributed by atoms with Gasteiger partial charge in [0.1, 0.15) is 5.75 Å². The van der Waals surface area contributed by atoms with Crippen molar-refractivity contribution in [2.24, 2.45) is 5.10 Å². The minimum Gasteiger partial charge on any atom is -0.495 e. The molecular formula is C24H23ClN4O4S. The molecule has 3 aromatic rings. The molecule has 1 amide bonds. The van der Waals surface area contributed by atoms with Crippen LogP contribution in [0.4, 0.5) is 11.4 Å². The standard InChI is InChI=1S/C24H23ClN4O4S/c1-31-21-13-17(25)9-10-19(21)28-23(30)15-33-20-11-8-16(12-22(20)32-2)14-26-29-24(34)27-18-6-4-3-5-7-18/h3-14H,15H2,1-2H3,(H,28,30)(H2,27,29,34). The van der Waals surface area contributed by atoms with Crippen molar-refractivity contribution in [2.45, 2.75) is 0 Å². The third-order valence-corrected chi connectivity index (χ3v) is 4.82. The molecule has 0 fully saturated rings.